The molecular weight excluding hydrogens is 298 g/mol. The summed E-state index contributed by atoms with van der Waals surface area (Å²) in [5, 5.41) is 0.754. The van der Waals surface area contributed by atoms with Crippen LogP contribution in [-0.2, 0) is 11.3 Å². The van der Waals surface area contributed by atoms with Crippen molar-refractivity contribution in [2.24, 2.45) is 0 Å². The van der Waals surface area contributed by atoms with E-state index in [0.29, 0.717) is 0 Å². The molecule has 0 radical (unpaired) electrons. The third kappa shape index (κ3) is 3.19. The number of benzene rings is 1. The van der Waals surface area contributed by atoms with Gasteiger partial charge in [-0.25, -0.2) is 4.98 Å². The average molecular weight is 320 g/mol. The Balaban J connectivity index is 1.78. The molecule has 118 valence electrons. The average Bonchev–Trinajstić information content (AvgIpc) is 2.79. The van der Waals surface area contributed by atoms with Gasteiger partial charge in [-0.1, -0.05) is 23.7 Å². The Morgan fingerprint density at radius 2 is 2.23 bits per heavy atom. The lowest BCUT2D eigenvalue weighted by atomic mass is 10.0. The Labute approximate surface area is 136 Å². The predicted octanol–water partition coefficient (Wildman–Crippen LogP) is 3.64. The number of aromatic nitrogens is 2. The van der Waals surface area contributed by atoms with Crippen LogP contribution in [0.1, 0.15) is 35.8 Å². The number of aryl methyl sites for hydroxylation is 2. The van der Waals surface area contributed by atoms with Gasteiger partial charge < -0.3 is 9.72 Å². The highest BCUT2D eigenvalue weighted by Gasteiger charge is 2.30. The molecule has 2 aromatic rings. The monoisotopic (exact) mass is 319 g/mol. The van der Waals surface area contributed by atoms with Gasteiger partial charge in [-0.2, -0.15) is 0 Å². The van der Waals surface area contributed by atoms with Gasteiger partial charge >= 0.3 is 0 Å². The minimum atomic E-state index is 0.0489. The van der Waals surface area contributed by atoms with Gasteiger partial charge in [-0.15, -0.1) is 0 Å². The molecule has 3 rings (SSSR count). The number of ether oxygens (including phenoxy) is 1. The molecule has 1 N–H and O–H groups in total. The summed E-state index contributed by atoms with van der Waals surface area (Å²) in [5.74, 6) is 0.972. The van der Waals surface area contributed by atoms with E-state index in [-0.39, 0.29) is 12.1 Å². The molecule has 0 amide bonds. The molecular formula is C17H22ClN3O. The number of hydrogen-bond acceptors (Lipinski definition) is 3. The number of rotatable bonds is 3. The second kappa shape index (κ2) is 6.41. The number of nitrogens with zero attached hydrogens (tertiary/aromatic N) is 2. The summed E-state index contributed by atoms with van der Waals surface area (Å²) in [6.45, 7) is 8.77. The minimum Gasteiger partial charge on any atom is -0.371 e. The molecule has 0 unspecified atom stereocenters. The van der Waals surface area contributed by atoms with Gasteiger partial charge in [0.2, 0.25) is 0 Å². The zero-order valence-electron chi connectivity index (χ0n) is 13.3. The van der Waals surface area contributed by atoms with Crippen LogP contribution in [0.3, 0.4) is 0 Å². The predicted molar refractivity (Wildman–Crippen MR) is 88.1 cm³/mol. The maximum atomic E-state index is 6.12. The summed E-state index contributed by atoms with van der Waals surface area (Å²) < 4.78 is 6.01. The Morgan fingerprint density at radius 3 is 2.91 bits per heavy atom. The molecule has 5 heteroatoms. The number of halogens is 1. The van der Waals surface area contributed by atoms with Crippen molar-refractivity contribution < 1.29 is 4.74 Å². The molecule has 2 atom stereocenters. The molecule has 1 fully saturated rings. The normalized spacial score (nSPS) is 22.9. The lowest BCUT2D eigenvalue weighted by Gasteiger charge is -2.39. The van der Waals surface area contributed by atoms with Crippen LogP contribution in [0.15, 0.2) is 24.3 Å². The molecule has 0 spiro atoms. The summed E-state index contributed by atoms with van der Waals surface area (Å²) in [5.41, 5.74) is 3.41. The second-order valence-corrected chi connectivity index (χ2v) is 6.39. The van der Waals surface area contributed by atoms with Crippen LogP contribution in [0.4, 0.5) is 0 Å². The second-order valence-electron chi connectivity index (χ2n) is 5.95. The summed E-state index contributed by atoms with van der Waals surface area (Å²) in [4.78, 5) is 10.3. The lowest BCUT2D eigenvalue weighted by molar-refractivity contribution is -0.0706. The summed E-state index contributed by atoms with van der Waals surface area (Å²) in [6.07, 6.45) is 0.0489. The SMILES string of the molecule is Cc1nc(CN2CCO[C@H](c3cccc(Cl)c3)[C@H]2C)c(C)[nH]1. The Bertz CT molecular complexity index is 655. The van der Waals surface area contributed by atoms with Gasteiger partial charge in [-0.05, 0) is 38.5 Å². The zero-order valence-corrected chi connectivity index (χ0v) is 14.0. The highest BCUT2D eigenvalue weighted by molar-refractivity contribution is 6.30. The number of imidazole rings is 1. The standard InChI is InChI=1S/C17H22ClN3O/c1-11-16(20-13(3)19-11)10-21-7-8-22-17(12(21)2)14-5-4-6-15(18)9-14/h4-6,9,12,17H,7-8,10H2,1-3H3,(H,19,20)/t12-,17+/m1/s1. The van der Waals surface area contributed by atoms with E-state index in [0.717, 1.165) is 47.5 Å². The van der Waals surface area contributed by atoms with Gasteiger partial charge in [0.25, 0.3) is 0 Å². The first-order valence-electron chi connectivity index (χ1n) is 7.68. The number of H-pyrrole nitrogens is 1. The highest BCUT2D eigenvalue weighted by atomic mass is 35.5. The number of aromatic amines is 1. The van der Waals surface area contributed by atoms with Gasteiger partial charge in [0, 0.05) is 29.8 Å². The van der Waals surface area contributed by atoms with Crippen molar-refractivity contribution in [1.29, 1.82) is 0 Å². The zero-order chi connectivity index (χ0) is 15.7. The fourth-order valence-corrected chi connectivity index (χ4v) is 3.32. The fraction of sp³-hybridized carbons (Fsp3) is 0.471. The van der Waals surface area contributed by atoms with E-state index in [4.69, 9.17) is 16.3 Å². The third-order valence-corrected chi connectivity index (χ3v) is 4.56. The van der Waals surface area contributed by atoms with E-state index < -0.39 is 0 Å². The maximum Gasteiger partial charge on any atom is 0.103 e. The van der Waals surface area contributed by atoms with E-state index in [1.807, 2.05) is 25.1 Å². The van der Waals surface area contributed by atoms with Crippen LogP contribution < -0.4 is 0 Å². The van der Waals surface area contributed by atoms with Crippen molar-refractivity contribution in [3.63, 3.8) is 0 Å². The van der Waals surface area contributed by atoms with Crippen LogP contribution in [0, 0.1) is 13.8 Å². The van der Waals surface area contributed by atoms with E-state index >= 15 is 0 Å². The number of hydrogen-bond donors (Lipinski definition) is 1. The largest absolute Gasteiger partial charge is 0.371 e. The van der Waals surface area contributed by atoms with E-state index in [1.54, 1.807) is 0 Å². The highest BCUT2D eigenvalue weighted by Crippen LogP contribution is 2.30. The molecule has 1 aromatic carbocycles. The van der Waals surface area contributed by atoms with Crippen LogP contribution >= 0.6 is 11.6 Å². The van der Waals surface area contributed by atoms with Gasteiger partial charge in [0.15, 0.2) is 0 Å². The molecule has 0 bridgehead atoms. The topological polar surface area (TPSA) is 41.2 Å². The lowest BCUT2D eigenvalue weighted by Crippen LogP contribution is -2.45. The van der Waals surface area contributed by atoms with Crippen molar-refractivity contribution in [2.75, 3.05) is 13.2 Å². The van der Waals surface area contributed by atoms with E-state index in [9.17, 15) is 0 Å². The van der Waals surface area contributed by atoms with Gasteiger partial charge in [0.05, 0.1) is 18.4 Å². The molecule has 1 aromatic heterocycles. The van der Waals surface area contributed by atoms with Crippen molar-refractivity contribution in [1.82, 2.24) is 14.9 Å². The van der Waals surface area contributed by atoms with Crippen molar-refractivity contribution in [2.45, 2.75) is 39.5 Å². The molecule has 1 aliphatic heterocycles. The number of morpholine rings is 1. The first kappa shape index (κ1) is 15.5. The number of nitrogens with one attached hydrogen (secondary N) is 1. The van der Waals surface area contributed by atoms with Crippen LogP contribution in [0.5, 0.6) is 0 Å². The van der Waals surface area contributed by atoms with Crippen molar-refractivity contribution >= 4 is 11.6 Å². The third-order valence-electron chi connectivity index (χ3n) is 4.32. The summed E-state index contributed by atoms with van der Waals surface area (Å²) >= 11 is 6.12. The Morgan fingerprint density at radius 1 is 1.41 bits per heavy atom. The maximum absolute atomic E-state index is 6.12. The summed E-state index contributed by atoms with van der Waals surface area (Å²) in [7, 11) is 0. The quantitative estimate of drug-likeness (QED) is 0.939. The van der Waals surface area contributed by atoms with Gasteiger partial charge in [0.1, 0.15) is 5.82 Å². The Hall–Kier alpha value is -1.36. The summed E-state index contributed by atoms with van der Waals surface area (Å²) in [6, 6.07) is 8.24. The minimum absolute atomic E-state index is 0.0489. The first-order chi connectivity index (χ1) is 10.5. The van der Waals surface area contributed by atoms with Crippen LogP contribution in [0.2, 0.25) is 5.02 Å². The molecule has 0 aliphatic carbocycles. The first-order valence-corrected chi connectivity index (χ1v) is 8.05. The molecule has 1 saturated heterocycles. The van der Waals surface area contributed by atoms with Crippen LogP contribution in [-0.4, -0.2) is 34.1 Å². The van der Waals surface area contributed by atoms with E-state index in [1.165, 1.54) is 0 Å². The molecule has 0 saturated carbocycles. The Kier molecular flexibility index (Phi) is 4.52. The van der Waals surface area contributed by atoms with Gasteiger partial charge in [-0.3, -0.25) is 4.90 Å². The molecule has 4 nitrogen and oxygen atoms in total. The van der Waals surface area contributed by atoms with E-state index in [2.05, 4.69) is 34.8 Å². The van der Waals surface area contributed by atoms with Crippen LogP contribution in [0.25, 0.3) is 0 Å². The van der Waals surface area contributed by atoms with Crippen molar-refractivity contribution in [3.05, 3.63) is 52.1 Å². The van der Waals surface area contributed by atoms with Crippen molar-refractivity contribution in [3.8, 4) is 0 Å². The smallest absolute Gasteiger partial charge is 0.103 e. The fourth-order valence-electron chi connectivity index (χ4n) is 3.12. The molecule has 22 heavy (non-hydrogen) atoms. The molecule has 2 heterocycles. The molecule has 1 aliphatic rings.